The Morgan fingerprint density at radius 2 is 2.11 bits per heavy atom. The molecule has 0 radical (unpaired) electrons. The van der Waals surface area contributed by atoms with Gasteiger partial charge in [-0.2, -0.15) is 5.10 Å². The fraction of sp³-hybridized carbons (Fsp3) is 0.0769. The van der Waals surface area contributed by atoms with Crippen LogP contribution in [0.1, 0.15) is 0 Å². The van der Waals surface area contributed by atoms with Gasteiger partial charge < -0.3 is 10.5 Å². The molecule has 3 rings (SSSR count). The lowest BCUT2D eigenvalue weighted by Crippen LogP contribution is -1.94. The predicted molar refractivity (Wildman–Crippen MR) is 69.4 cm³/mol. The number of ether oxygens (including phenoxy) is 1. The molecule has 90 valence electrons. The maximum Gasteiger partial charge on any atom is 0.155 e. The normalized spacial score (nSPS) is 10.7. The van der Waals surface area contributed by atoms with Crippen LogP contribution < -0.4 is 10.5 Å². The summed E-state index contributed by atoms with van der Waals surface area (Å²) in [6, 6.07) is 9.64. The van der Waals surface area contributed by atoms with Crippen LogP contribution in [-0.4, -0.2) is 21.7 Å². The standard InChI is InChI=1S/C13H12N4O/c1-18-12-5-3-2-4-10(12)11-6-13-15-7-9(14)8-17(13)16-11/h2-8H,14H2,1H3. The topological polar surface area (TPSA) is 65.4 Å². The van der Waals surface area contributed by atoms with Gasteiger partial charge in [-0.1, -0.05) is 12.1 Å². The summed E-state index contributed by atoms with van der Waals surface area (Å²) < 4.78 is 6.99. The van der Waals surface area contributed by atoms with E-state index in [0.717, 1.165) is 22.7 Å². The Balaban J connectivity index is 2.19. The van der Waals surface area contributed by atoms with Crippen molar-refractivity contribution in [2.24, 2.45) is 0 Å². The molecule has 2 aromatic heterocycles. The van der Waals surface area contributed by atoms with Gasteiger partial charge in [0, 0.05) is 11.6 Å². The summed E-state index contributed by atoms with van der Waals surface area (Å²) in [5, 5.41) is 4.45. The molecule has 5 nitrogen and oxygen atoms in total. The zero-order valence-electron chi connectivity index (χ0n) is 9.87. The fourth-order valence-corrected chi connectivity index (χ4v) is 1.88. The maximum absolute atomic E-state index is 5.68. The molecule has 0 amide bonds. The van der Waals surface area contributed by atoms with E-state index in [4.69, 9.17) is 10.5 Å². The van der Waals surface area contributed by atoms with Crippen LogP contribution in [0.25, 0.3) is 16.9 Å². The monoisotopic (exact) mass is 240 g/mol. The first-order valence-electron chi connectivity index (χ1n) is 5.52. The fourth-order valence-electron chi connectivity index (χ4n) is 1.88. The Morgan fingerprint density at radius 3 is 2.94 bits per heavy atom. The molecule has 0 spiro atoms. The van der Waals surface area contributed by atoms with Gasteiger partial charge in [0.15, 0.2) is 5.65 Å². The summed E-state index contributed by atoms with van der Waals surface area (Å²) in [6.45, 7) is 0. The minimum absolute atomic E-state index is 0.581. The minimum Gasteiger partial charge on any atom is -0.496 e. The molecule has 0 aliphatic heterocycles. The highest BCUT2D eigenvalue weighted by Gasteiger charge is 2.09. The summed E-state index contributed by atoms with van der Waals surface area (Å²) >= 11 is 0. The lowest BCUT2D eigenvalue weighted by atomic mass is 10.1. The highest BCUT2D eigenvalue weighted by atomic mass is 16.5. The van der Waals surface area contributed by atoms with Crippen LogP contribution in [0.3, 0.4) is 0 Å². The van der Waals surface area contributed by atoms with E-state index < -0.39 is 0 Å². The third kappa shape index (κ3) is 1.66. The molecular weight excluding hydrogens is 228 g/mol. The van der Waals surface area contributed by atoms with E-state index in [-0.39, 0.29) is 0 Å². The first-order chi connectivity index (χ1) is 8.78. The van der Waals surface area contributed by atoms with Gasteiger partial charge in [-0.3, -0.25) is 0 Å². The lowest BCUT2D eigenvalue weighted by molar-refractivity contribution is 0.416. The van der Waals surface area contributed by atoms with Crippen LogP contribution in [0.2, 0.25) is 0 Å². The summed E-state index contributed by atoms with van der Waals surface area (Å²) in [6.07, 6.45) is 3.35. The third-order valence-corrected chi connectivity index (χ3v) is 2.72. The van der Waals surface area contributed by atoms with Gasteiger partial charge in [-0.05, 0) is 12.1 Å². The number of hydrogen-bond donors (Lipinski definition) is 1. The van der Waals surface area contributed by atoms with Crippen LogP contribution in [-0.2, 0) is 0 Å². The van der Waals surface area contributed by atoms with Gasteiger partial charge in [-0.15, -0.1) is 0 Å². The highest BCUT2D eigenvalue weighted by Crippen LogP contribution is 2.28. The average Bonchev–Trinajstić information content (AvgIpc) is 2.81. The van der Waals surface area contributed by atoms with E-state index in [1.54, 1.807) is 24.0 Å². The van der Waals surface area contributed by atoms with Gasteiger partial charge >= 0.3 is 0 Å². The number of nitrogen functional groups attached to an aromatic ring is 1. The van der Waals surface area contributed by atoms with E-state index in [9.17, 15) is 0 Å². The molecule has 0 saturated carbocycles. The SMILES string of the molecule is COc1ccccc1-c1cc2ncc(N)cn2n1. The van der Waals surface area contributed by atoms with Crippen LogP contribution >= 0.6 is 0 Å². The van der Waals surface area contributed by atoms with Crippen molar-refractivity contribution in [3.05, 3.63) is 42.7 Å². The quantitative estimate of drug-likeness (QED) is 0.744. The van der Waals surface area contributed by atoms with Crippen LogP contribution in [0.5, 0.6) is 5.75 Å². The number of fused-ring (bicyclic) bond motifs is 1. The molecule has 2 heterocycles. The number of methoxy groups -OCH3 is 1. The zero-order valence-corrected chi connectivity index (χ0v) is 9.87. The van der Waals surface area contributed by atoms with Gasteiger partial charge in [-0.25, -0.2) is 9.50 Å². The first-order valence-corrected chi connectivity index (χ1v) is 5.52. The number of hydrogen-bond acceptors (Lipinski definition) is 4. The Kier molecular flexibility index (Phi) is 2.37. The maximum atomic E-state index is 5.68. The number of rotatable bonds is 2. The Labute approximate surface area is 104 Å². The molecule has 18 heavy (non-hydrogen) atoms. The van der Waals surface area contributed by atoms with Gasteiger partial charge in [0.25, 0.3) is 0 Å². The highest BCUT2D eigenvalue weighted by molar-refractivity contribution is 5.70. The molecule has 0 saturated heterocycles. The van der Waals surface area contributed by atoms with Crippen molar-refractivity contribution < 1.29 is 4.74 Å². The number of aromatic nitrogens is 3. The van der Waals surface area contributed by atoms with Gasteiger partial charge in [0.1, 0.15) is 5.75 Å². The van der Waals surface area contributed by atoms with Crippen molar-refractivity contribution in [3.8, 4) is 17.0 Å². The van der Waals surface area contributed by atoms with Crippen molar-refractivity contribution in [2.75, 3.05) is 12.8 Å². The Hall–Kier alpha value is -2.56. The van der Waals surface area contributed by atoms with Crippen LogP contribution in [0, 0.1) is 0 Å². The van der Waals surface area contributed by atoms with Crippen molar-refractivity contribution >= 4 is 11.3 Å². The third-order valence-electron chi connectivity index (χ3n) is 2.72. The van der Waals surface area contributed by atoms with E-state index >= 15 is 0 Å². The minimum atomic E-state index is 0.581. The summed E-state index contributed by atoms with van der Waals surface area (Å²) in [7, 11) is 1.64. The van der Waals surface area contributed by atoms with Gasteiger partial charge in [0.2, 0.25) is 0 Å². The second-order valence-corrected chi connectivity index (χ2v) is 3.92. The molecule has 5 heteroatoms. The number of nitrogens with two attached hydrogens (primary N) is 1. The number of anilines is 1. The van der Waals surface area contributed by atoms with E-state index in [2.05, 4.69) is 10.1 Å². The molecule has 0 fully saturated rings. The number of benzene rings is 1. The van der Waals surface area contributed by atoms with E-state index in [0.29, 0.717) is 5.69 Å². The van der Waals surface area contributed by atoms with Gasteiger partial charge in [0.05, 0.1) is 30.9 Å². The molecule has 0 unspecified atom stereocenters. The lowest BCUT2D eigenvalue weighted by Gasteiger charge is -2.04. The largest absolute Gasteiger partial charge is 0.496 e. The summed E-state index contributed by atoms with van der Waals surface area (Å²) in [4.78, 5) is 4.22. The molecule has 0 bridgehead atoms. The molecule has 3 aromatic rings. The first kappa shape index (κ1) is 10.6. The number of nitrogens with zero attached hydrogens (tertiary/aromatic N) is 3. The summed E-state index contributed by atoms with van der Waals surface area (Å²) in [5.74, 6) is 0.786. The van der Waals surface area contributed by atoms with Crippen LogP contribution in [0.4, 0.5) is 5.69 Å². The van der Waals surface area contributed by atoms with Crippen LogP contribution in [0.15, 0.2) is 42.7 Å². The second-order valence-electron chi connectivity index (χ2n) is 3.92. The Bertz CT molecular complexity index is 705. The zero-order chi connectivity index (χ0) is 12.5. The summed E-state index contributed by atoms with van der Waals surface area (Å²) in [5.41, 5.74) is 8.76. The molecule has 2 N–H and O–H groups in total. The second kappa shape index (κ2) is 4.03. The van der Waals surface area contributed by atoms with Crippen molar-refractivity contribution in [3.63, 3.8) is 0 Å². The Morgan fingerprint density at radius 1 is 1.28 bits per heavy atom. The molecule has 1 aromatic carbocycles. The molecular formula is C13H12N4O. The van der Waals surface area contributed by atoms with E-state index in [1.807, 2.05) is 30.3 Å². The van der Waals surface area contributed by atoms with Crippen molar-refractivity contribution in [1.82, 2.24) is 14.6 Å². The number of para-hydroxylation sites is 1. The van der Waals surface area contributed by atoms with Crippen molar-refractivity contribution in [2.45, 2.75) is 0 Å². The van der Waals surface area contributed by atoms with E-state index in [1.165, 1.54) is 0 Å². The molecule has 0 aliphatic rings. The average molecular weight is 240 g/mol. The molecule has 0 atom stereocenters. The smallest absolute Gasteiger partial charge is 0.155 e. The molecule has 0 aliphatic carbocycles. The van der Waals surface area contributed by atoms with Crippen molar-refractivity contribution in [1.29, 1.82) is 0 Å². The predicted octanol–water partition coefficient (Wildman–Crippen LogP) is 1.99.